The number of piperazine rings is 2. The van der Waals surface area contributed by atoms with Crippen LogP contribution in [0.15, 0.2) is 12.1 Å². The van der Waals surface area contributed by atoms with Gasteiger partial charge >= 0.3 is 11.9 Å². The summed E-state index contributed by atoms with van der Waals surface area (Å²) in [6.07, 6.45) is 19.6. The fraction of sp³-hybridized carbons (Fsp3) is 0.608. The van der Waals surface area contributed by atoms with Gasteiger partial charge in [-0.05, 0) is 96.1 Å². The normalized spacial score (nSPS) is 24.4. The van der Waals surface area contributed by atoms with Gasteiger partial charge in [-0.3, -0.25) is 34.0 Å². The molecule has 4 bridgehead atoms. The number of likely N-dealkylation sites (N-methyl/N-ethyl adjacent to an activating group) is 2. The number of nitrogens with zero attached hydrogens (tertiary/aromatic N) is 6. The summed E-state index contributed by atoms with van der Waals surface area (Å²) in [6.45, 7) is 15.1. The lowest BCUT2D eigenvalue weighted by atomic mass is 9.71. The molecule has 0 aromatic heterocycles. The summed E-state index contributed by atoms with van der Waals surface area (Å²) < 4.78 is 47.0. The molecule has 12 rings (SSSR count). The second-order valence-corrected chi connectivity index (χ2v) is 27.6. The van der Waals surface area contributed by atoms with E-state index in [1.165, 1.54) is 84.5 Å². The van der Waals surface area contributed by atoms with E-state index in [1.807, 2.05) is 48.7 Å². The Morgan fingerprint density at radius 1 is 0.600 bits per heavy atom. The molecule has 11 atom stereocenters. The van der Waals surface area contributed by atoms with E-state index in [0.29, 0.717) is 82.8 Å². The molecule has 4 aromatic carbocycles. The molecule has 0 aliphatic carbocycles. The van der Waals surface area contributed by atoms with Gasteiger partial charge in [-0.2, -0.15) is 10.5 Å². The summed E-state index contributed by atoms with van der Waals surface area (Å²) in [4.78, 5) is 47.5. The van der Waals surface area contributed by atoms with Crippen molar-refractivity contribution in [3.8, 4) is 69.6 Å². The zero-order valence-corrected chi connectivity index (χ0v) is 57.7. The summed E-state index contributed by atoms with van der Waals surface area (Å²) in [5.74, 6) is 3.15. The van der Waals surface area contributed by atoms with Crippen LogP contribution in [0.1, 0.15) is 209 Å². The number of phenolic OH excluding ortho intramolecular Hbond substituents is 2. The monoisotopic (exact) mass is 1310 g/mol. The Hall–Kier alpha value is -7.53. The molecule has 2 fully saturated rings. The number of unbranched alkanes of at least 4 members (excludes halogenated alkanes) is 12. The Kier molecular flexibility index (Phi) is 21.0. The van der Waals surface area contributed by atoms with Gasteiger partial charge in [0, 0.05) is 102 Å². The van der Waals surface area contributed by atoms with E-state index in [-0.39, 0.29) is 92.3 Å². The number of ether oxygens (including phenoxy) is 8. The fourth-order valence-electron chi connectivity index (χ4n) is 17.6. The number of nitrogens with two attached hydrogens (primary N) is 1. The van der Waals surface area contributed by atoms with Crippen LogP contribution in [-0.4, -0.2) is 139 Å². The quantitative estimate of drug-likeness (QED) is 0.0324. The third kappa shape index (κ3) is 12.5. The Bertz CT molecular complexity index is 3670. The van der Waals surface area contributed by atoms with Crippen LogP contribution in [0.25, 0.3) is 0 Å². The van der Waals surface area contributed by atoms with Crippen LogP contribution in [0, 0.1) is 56.3 Å². The van der Waals surface area contributed by atoms with Crippen molar-refractivity contribution in [2.24, 2.45) is 11.7 Å². The molecule has 1 amide bonds. The third-order valence-electron chi connectivity index (χ3n) is 21.9. The predicted molar refractivity (Wildman–Crippen MR) is 356 cm³/mol. The molecule has 3 unspecified atom stereocenters. The number of carbonyl (C=O) groups is 3. The van der Waals surface area contributed by atoms with Crippen molar-refractivity contribution in [1.29, 1.82) is 10.5 Å². The Morgan fingerprint density at radius 2 is 1.00 bits per heavy atom. The van der Waals surface area contributed by atoms with Gasteiger partial charge in [0.2, 0.25) is 19.5 Å². The van der Waals surface area contributed by atoms with Crippen LogP contribution in [-0.2, 0) is 40.1 Å². The zero-order chi connectivity index (χ0) is 67.8. The molecule has 5 N–H and O–H groups in total. The molecule has 512 valence electrons. The number of aryl methyl sites for hydroxylation is 2. The minimum atomic E-state index is -0.552. The smallest absolute Gasteiger partial charge is 0.308 e. The van der Waals surface area contributed by atoms with Gasteiger partial charge in [0.15, 0.2) is 46.0 Å². The van der Waals surface area contributed by atoms with E-state index in [0.717, 1.165) is 74.9 Å². The van der Waals surface area contributed by atoms with Crippen LogP contribution >= 0.6 is 0 Å². The highest BCUT2D eigenvalue weighted by Gasteiger charge is 2.59. The highest BCUT2D eigenvalue weighted by Crippen LogP contribution is 2.61. The van der Waals surface area contributed by atoms with Crippen molar-refractivity contribution in [2.45, 2.75) is 231 Å². The standard InChI is InChI=1S/C46H66N4O7.C28H32N4O6/c1-8-9-10-11-12-13-14-15-16-17-18-19-20-21-28(2)46(53)48-26-37-39-33(43(57-31(5)51)30(4)44-45(39)56-27-55-44)24-35-40-38-32(22-29(3)42(54-7)41(38)52)23-34(49(40)6)36(25-47)50(35)37;1-12-6-15-7-17-19(9-29)32-18(23(31(17)4)21(15)24(34)25(12)35-5)8-16-22(20(32)10-30)28-27(36-11-37-28)13(2)26(16)38-14(3)33/h22,28,34-37,40,52H,8-21,23-24,26-27H2,1-7H3,(H,48,53);6,17-20,23,34H,7-8,10-11,30H2,1-5H3/t28?,34-,35?,36-,37-,40-;17-,18?,19-,20-,23-/m00/s1. The van der Waals surface area contributed by atoms with E-state index >= 15 is 0 Å². The van der Waals surface area contributed by atoms with Crippen LogP contribution < -0.4 is 48.9 Å². The van der Waals surface area contributed by atoms with Gasteiger partial charge in [0.1, 0.15) is 23.6 Å². The molecule has 95 heavy (non-hydrogen) atoms. The largest absolute Gasteiger partial charge is 0.504 e. The van der Waals surface area contributed by atoms with Gasteiger partial charge in [-0.1, -0.05) is 109 Å². The van der Waals surface area contributed by atoms with Crippen LogP contribution in [0.5, 0.6) is 57.5 Å². The van der Waals surface area contributed by atoms with Gasteiger partial charge in [0.25, 0.3) is 0 Å². The zero-order valence-electron chi connectivity index (χ0n) is 57.7. The Morgan fingerprint density at radius 3 is 1.40 bits per heavy atom. The molecule has 8 aliphatic rings. The van der Waals surface area contributed by atoms with E-state index < -0.39 is 30.1 Å². The minimum absolute atomic E-state index is 0.0147. The molecular formula is C74H98N8O13. The number of hydrogen-bond acceptors (Lipinski definition) is 20. The third-order valence-corrected chi connectivity index (χ3v) is 21.9. The second kappa shape index (κ2) is 29.0. The van der Waals surface area contributed by atoms with E-state index in [4.69, 9.17) is 43.6 Å². The van der Waals surface area contributed by atoms with Crippen molar-refractivity contribution in [2.75, 3.05) is 55.0 Å². The number of methoxy groups -OCH3 is 2. The fourth-order valence-corrected chi connectivity index (χ4v) is 17.6. The Balaban J connectivity index is 0.000000209. The molecule has 0 radical (unpaired) electrons. The van der Waals surface area contributed by atoms with E-state index in [1.54, 1.807) is 14.2 Å². The summed E-state index contributed by atoms with van der Waals surface area (Å²) in [6, 6.07) is 6.03. The maximum atomic E-state index is 13.8. The first-order valence-corrected chi connectivity index (χ1v) is 34.6. The SMILES string of the molecule is CCCCCCCCCCCCCCCC(C)C(=O)NC[C@H]1c2c(c(OC(C)=O)c(C)c3c2OCO3)CC2[C@H]3c4c(cc(C)c(OC)c4O)C[C@@H]([C@H](C#N)N21)N3C.COc1c(C)cc2c(c1O)[C@@H]1C3Cc4c(OC(C)=O)c(C)c5c(c4[C@H](CN)N3[C@@H](C#N)[C@H](C2)N1C)OCO5. The molecular weight excluding hydrogens is 1210 g/mol. The van der Waals surface area contributed by atoms with Crippen LogP contribution in [0.2, 0.25) is 0 Å². The van der Waals surface area contributed by atoms with Crippen molar-refractivity contribution in [3.63, 3.8) is 0 Å². The lowest BCUT2D eigenvalue weighted by Crippen LogP contribution is -2.68. The number of phenols is 2. The number of nitrogens with one attached hydrogen (secondary N) is 1. The van der Waals surface area contributed by atoms with Gasteiger partial charge in [-0.25, -0.2) is 0 Å². The first-order chi connectivity index (χ1) is 45.8. The number of amides is 1. The minimum Gasteiger partial charge on any atom is -0.504 e. The van der Waals surface area contributed by atoms with Crippen LogP contribution in [0.3, 0.4) is 0 Å². The van der Waals surface area contributed by atoms with Crippen molar-refractivity contribution >= 4 is 17.8 Å². The van der Waals surface area contributed by atoms with Gasteiger partial charge < -0.3 is 59.2 Å². The summed E-state index contributed by atoms with van der Waals surface area (Å²) >= 11 is 0. The number of carbonyl (C=O) groups excluding carboxylic acids is 3. The molecule has 0 spiro atoms. The highest BCUT2D eigenvalue weighted by molar-refractivity contribution is 5.79. The van der Waals surface area contributed by atoms with Crippen LogP contribution in [0.4, 0.5) is 0 Å². The molecule has 2 saturated heterocycles. The maximum absolute atomic E-state index is 13.8. The summed E-state index contributed by atoms with van der Waals surface area (Å²) in [5.41, 5.74) is 16.3. The summed E-state index contributed by atoms with van der Waals surface area (Å²) in [5, 5.41) is 48.0. The first-order valence-electron chi connectivity index (χ1n) is 34.6. The number of esters is 2. The lowest BCUT2D eigenvalue weighted by Gasteiger charge is -2.60. The predicted octanol–water partition coefficient (Wildman–Crippen LogP) is 11.1. The van der Waals surface area contributed by atoms with Crippen molar-refractivity contribution in [3.05, 3.63) is 78.9 Å². The highest BCUT2D eigenvalue weighted by atomic mass is 16.7. The average molecular weight is 1310 g/mol. The van der Waals surface area contributed by atoms with Gasteiger partial charge in [-0.15, -0.1) is 0 Å². The Labute approximate surface area is 560 Å². The van der Waals surface area contributed by atoms with E-state index in [2.05, 4.69) is 56.1 Å². The topological polar surface area (TPSA) is 264 Å². The lowest BCUT2D eigenvalue weighted by molar-refractivity contribution is -0.133. The number of hydrogen-bond donors (Lipinski definition) is 4. The van der Waals surface area contributed by atoms with E-state index in [9.17, 15) is 35.1 Å². The summed E-state index contributed by atoms with van der Waals surface area (Å²) in [7, 11) is 7.15. The number of nitriles is 2. The molecule has 4 aromatic rings. The van der Waals surface area contributed by atoms with Gasteiger partial charge in [0.05, 0.1) is 50.5 Å². The molecule has 21 heteroatoms. The number of benzene rings is 4. The second-order valence-electron chi connectivity index (χ2n) is 27.6. The molecule has 21 nitrogen and oxygen atoms in total. The van der Waals surface area contributed by atoms with Crippen molar-refractivity contribution in [1.82, 2.24) is 24.9 Å². The molecule has 0 saturated carbocycles. The first kappa shape index (κ1) is 68.8. The number of aromatic hydroxyl groups is 2. The molecule has 8 aliphatic heterocycles. The number of rotatable bonds is 22. The maximum Gasteiger partial charge on any atom is 0.308 e. The molecule has 8 heterocycles. The number of fused-ring (bicyclic) bond motifs is 18. The average Bonchev–Trinajstić information content (AvgIpc) is 1.29. The van der Waals surface area contributed by atoms with Crippen molar-refractivity contribution < 1.29 is 62.5 Å².